The molecule has 1 heterocycles. The maximum absolute atomic E-state index is 12.4. The Morgan fingerprint density at radius 3 is 2.14 bits per heavy atom. The van der Waals surface area contributed by atoms with E-state index in [1.54, 1.807) is 0 Å². The zero-order valence-corrected chi connectivity index (χ0v) is 17.0. The summed E-state index contributed by atoms with van der Waals surface area (Å²) < 4.78 is 11.2. The van der Waals surface area contributed by atoms with Gasteiger partial charge in [-0.1, -0.05) is 30.7 Å². The van der Waals surface area contributed by atoms with Crippen molar-refractivity contribution in [2.75, 3.05) is 39.4 Å². The van der Waals surface area contributed by atoms with Crippen molar-refractivity contribution in [3.63, 3.8) is 0 Å². The van der Waals surface area contributed by atoms with Crippen LogP contribution < -0.4 is 9.47 Å². The largest absolute Gasteiger partial charge is 0.494 e. The van der Waals surface area contributed by atoms with Crippen molar-refractivity contribution >= 4 is 17.5 Å². The third-order valence-electron chi connectivity index (χ3n) is 4.70. The average Bonchev–Trinajstić information content (AvgIpc) is 2.73. The molecule has 0 aliphatic carbocycles. The number of carbonyl (C=O) groups excluding carboxylic acids is 1. The number of hydrogen-bond donors (Lipinski definition) is 0. The molecule has 1 saturated heterocycles. The summed E-state index contributed by atoms with van der Waals surface area (Å²) in [5.41, 5.74) is 1.24. The Balaban J connectivity index is 1.39. The highest BCUT2D eigenvalue weighted by molar-refractivity contribution is 6.30. The van der Waals surface area contributed by atoms with Gasteiger partial charge in [0.25, 0.3) is 5.91 Å². The molecule has 0 atom stereocenters. The molecular formula is C22H27ClN2O3. The number of halogens is 1. The van der Waals surface area contributed by atoms with Crippen LogP contribution in [0.25, 0.3) is 0 Å². The van der Waals surface area contributed by atoms with Gasteiger partial charge in [-0.05, 0) is 48.4 Å². The van der Waals surface area contributed by atoms with Gasteiger partial charge in [-0.2, -0.15) is 0 Å². The smallest absolute Gasteiger partial charge is 0.260 e. The second kappa shape index (κ2) is 10.3. The van der Waals surface area contributed by atoms with Gasteiger partial charge in [0.1, 0.15) is 11.5 Å². The maximum atomic E-state index is 12.4. The molecular weight excluding hydrogens is 376 g/mol. The highest BCUT2D eigenvalue weighted by Gasteiger charge is 2.21. The first-order chi connectivity index (χ1) is 13.6. The minimum atomic E-state index is 0.0254. The molecule has 1 amide bonds. The SMILES string of the molecule is CCCOc1ccc(OCC(=O)N2CCN(Cc3ccc(Cl)cc3)CC2)cc1. The number of nitrogens with zero attached hydrogens (tertiary/aromatic N) is 2. The molecule has 1 fully saturated rings. The number of benzene rings is 2. The Morgan fingerprint density at radius 1 is 0.929 bits per heavy atom. The minimum Gasteiger partial charge on any atom is -0.494 e. The monoisotopic (exact) mass is 402 g/mol. The number of carbonyl (C=O) groups is 1. The molecule has 0 N–H and O–H groups in total. The summed E-state index contributed by atoms with van der Waals surface area (Å²) in [6.07, 6.45) is 0.972. The van der Waals surface area contributed by atoms with E-state index >= 15 is 0 Å². The van der Waals surface area contributed by atoms with Crippen LogP contribution in [-0.4, -0.2) is 55.1 Å². The lowest BCUT2D eigenvalue weighted by Gasteiger charge is -2.34. The van der Waals surface area contributed by atoms with Gasteiger partial charge >= 0.3 is 0 Å². The normalized spacial score (nSPS) is 14.7. The number of piperazine rings is 1. The van der Waals surface area contributed by atoms with Crippen molar-refractivity contribution in [1.82, 2.24) is 9.80 Å². The molecule has 3 rings (SSSR count). The lowest BCUT2D eigenvalue weighted by atomic mass is 10.2. The van der Waals surface area contributed by atoms with Gasteiger partial charge in [0.05, 0.1) is 6.61 Å². The second-order valence-corrected chi connectivity index (χ2v) is 7.33. The van der Waals surface area contributed by atoms with E-state index in [1.807, 2.05) is 53.4 Å². The second-order valence-electron chi connectivity index (χ2n) is 6.89. The van der Waals surface area contributed by atoms with Crippen LogP contribution in [0.4, 0.5) is 0 Å². The molecule has 2 aromatic carbocycles. The standard InChI is InChI=1S/C22H27ClN2O3/c1-2-15-27-20-7-9-21(10-8-20)28-17-22(26)25-13-11-24(12-14-25)16-18-3-5-19(23)6-4-18/h3-10H,2,11-17H2,1H3. The molecule has 0 unspecified atom stereocenters. The van der Waals surface area contributed by atoms with Crippen LogP contribution in [0.3, 0.4) is 0 Å². The molecule has 5 nitrogen and oxygen atoms in total. The van der Waals surface area contributed by atoms with E-state index in [2.05, 4.69) is 11.8 Å². The van der Waals surface area contributed by atoms with Gasteiger partial charge in [0.15, 0.2) is 6.61 Å². The van der Waals surface area contributed by atoms with E-state index in [0.717, 1.165) is 49.9 Å². The van der Waals surface area contributed by atoms with Crippen LogP contribution in [0.5, 0.6) is 11.5 Å². The molecule has 0 radical (unpaired) electrons. The van der Waals surface area contributed by atoms with Crippen LogP contribution in [-0.2, 0) is 11.3 Å². The van der Waals surface area contributed by atoms with Crippen LogP contribution in [0.2, 0.25) is 5.02 Å². The fourth-order valence-corrected chi connectivity index (χ4v) is 3.22. The van der Waals surface area contributed by atoms with E-state index < -0.39 is 0 Å². The molecule has 6 heteroatoms. The first-order valence-corrected chi connectivity index (χ1v) is 10.1. The number of rotatable bonds is 8. The lowest BCUT2D eigenvalue weighted by molar-refractivity contribution is -0.135. The Kier molecular flexibility index (Phi) is 7.57. The maximum Gasteiger partial charge on any atom is 0.260 e. The summed E-state index contributed by atoms with van der Waals surface area (Å²) in [5, 5.41) is 0.752. The molecule has 1 aliphatic rings. The Labute approximate surface area is 171 Å². The quantitative estimate of drug-likeness (QED) is 0.672. The summed E-state index contributed by atoms with van der Waals surface area (Å²) in [4.78, 5) is 16.6. The fraction of sp³-hybridized carbons (Fsp3) is 0.409. The molecule has 150 valence electrons. The van der Waals surface area contributed by atoms with E-state index in [1.165, 1.54) is 5.56 Å². The number of ether oxygens (including phenoxy) is 2. The topological polar surface area (TPSA) is 42.0 Å². The lowest BCUT2D eigenvalue weighted by Crippen LogP contribution is -2.49. The van der Waals surface area contributed by atoms with Crippen LogP contribution in [0, 0.1) is 0 Å². The minimum absolute atomic E-state index is 0.0254. The van der Waals surface area contributed by atoms with Crippen molar-refractivity contribution in [2.45, 2.75) is 19.9 Å². The van der Waals surface area contributed by atoms with Crippen molar-refractivity contribution in [1.29, 1.82) is 0 Å². The van der Waals surface area contributed by atoms with Crippen molar-refractivity contribution in [2.24, 2.45) is 0 Å². The third kappa shape index (κ3) is 6.14. The van der Waals surface area contributed by atoms with Crippen molar-refractivity contribution < 1.29 is 14.3 Å². The Bertz CT molecular complexity index is 741. The van der Waals surface area contributed by atoms with E-state index in [9.17, 15) is 4.79 Å². The highest BCUT2D eigenvalue weighted by Crippen LogP contribution is 2.18. The van der Waals surface area contributed by atoms with Gasteiger partial charge in [0, 0.05) is 37.7 Å². The average molecular weight is 403 g/mol. The molecule has 0 saturated carbocycles. The summed E-state index contributed by atoms with van der Waals surface area (Å²) in [6, 6.07) is 15.3. The van der Waals surface area contributed by atoms with Crippen molar-refractivity contribution in [3.8, 4) is 11.5 Å². The fourth-order valence-electron chi connectivity index (χ4n) is 3.09. The summed E-state index contributed by atoms with van der Waals surface area (Å²) in [6.45, 7) is 6.87. The molecule has 0 spiro atoms. The summed E-state index contributed by atoms with van der Waals surface area (Å²) >= 11 is 5.93. The molecule has 2 aromatic rings. The van der Waals surface area contributed by atoms with Crippen LogP contribution in [0.1, 0.15) is 18.9 Å². The molecule has 1 aliphatic heterocycles. The predicted molar refractivity (Wildman–Crippen MR) is 111 cm³/mol. The van der Waals surface area contributed by atoms with E-state index in [-0.39, 0.29) is 12.5 Å². The van der Waals surface area contributed by atoms with Gasteiger partial charge in [-0.3, -0.25) is 9.69 Å². The molecule has 28 heavy (non-hydrogen) atoms. The highest BCUT2D eigenvalue weighted by atomic mass is 35.5. The Hall–Kier alpha value is -2.24. The van der Waals surface area contributed by atoms with Crippen molar-refractivity contribution in [3.05, 3.63) is 59.1 Å². The number of hydrogen-bond acceptors (Lipinski definition) is 4. The van der Waals surface area contributed by atoms with Crippen LogP contribution in [0.15, 0.2) is 48.5 Å². The summed E-state index contributed by atoms with van der Waals surface area (Å²) in [7, 11) is 0. The first-order valence-electron chi connectivity index (χ1n) is 9.74. The van der Waals surface area contributed by atoms with E-state index in [4.69, 9.17) is 21.1 Å². The van der Waals surface area contributed by atoms with Gasteiger partial charge in [0.2, 0.25) is 0 Å². The summed E-state index contributed by atoms with van der Waals surface area (Å²) in [5.74, 6) is 1.52. The van der Waals surface area contributed by atoms with E-state index in [0.29, 0.717) is 12.4 Å². The Morgan fingerprint density at radius 2 is 1.54 bits per heavy atom. The third-order valence-corrected chi connectivity index (χ3v) is 4.96. The molecule has 0 aromatic heterocycles. The van der Waals surface area contributed by atoms with Gasteiger partial charge in [-0.25, -0.2) is 0 Å². The zero-order chi connectivity index (χ0) is 19.8. The molecule has 0 bridgehead atoms. The predicted octanol–water partition coefficient (Wildman–Crippen LogP) is 3.85. The van der Waals surface area contributed by atoms with Crippen LogP contribution >= 0.6 is 11.6 Å². The van der Waals surface area contributed by atoms with Gasteiger partial charge in [-0.15, -0.1) is 0 Å². The first kappa shape index (κ1) is 20.5. The zero-order valence-electron chi connectivity index (χ0n) is 16.3. The number of amides is 1. The van der Waals surface area contributed by atoms with Gasteiger partial charge < -0.3 is 14.4 Å².